The Morgan fingerprint density at radius 3 is 2.19 bits per heavy atom. The van der Waals surface area contributed by atoms with E-state index in [0.29, 0.717) is 5.92 Å². The van der Waals surface area contributed by atoms with Crippen LogP contribution in [0.3, 0.4) is 0 Å². The molecule has 1 aromatic carbocycles. The minimum Gasteiger partial charge on any atom is -0.201 e. The summed E-state index contributed by atoms with van der Waals surface area (Å²) in [5.41, 5.74) is 5.51. The molecule has 0 amide bonds. The van der Waals surface area contributed by atoms with Gasteiger partial charge in [-0.05, 0) is 30.0 Å². The standard InChI is InChI=1S/C19H28NSi/c1-14(2)17-12-18(16-11-9-8-10-15(16)3)20(4)13-19(17)21(5,6)7/h8-14H,1-7H3/q+1. The molecule has 2 heteroatoms. The Morgan fingerprint density at radius 2 is 1.67 bits per heavy atom. The van der Waals surface area contributed by atoms with E-state index in [1.807, 2.05) is 0 Å². The third kappa shape index (κ3) is 3.26. The van der Waals surface area contributed by atoms with E-state index in [2.05, 4.69) is 88.6 Å². The molecule has 1 nitrogen and oxygen atoms in total. The SMILES string of the molecule is Cc1ccccc1-c1cc(C(C)C)c([Si](C)(C)C)c[n+]1C. The van der Waals surface area contributed by atoms with E-state index in [1.54, 1.807) is 5.19 Å². The van der Waals surface area contributed by atoms with Gasteiger partial charge in [0.15, 0.2) is 6.20 Å². The Labute approximate surface area is 130 Å². The van der Waals surface area contributed by atoms with Crippen LogP contribution in [-0.4, -0.2) is 8.07 Å². The van der Waals surface area contributed by atoms with Crippen LogP contribution < -0.4 is 9.75 Å². The number of benzene rings is 1. The van der Waals surface area contributed by atoms with Crippen molar-refractivity contribution in [3.63, 3.8) is 0 Å². The van der Waals surface area contributed by atoms with Gasteiger partial charge in [-0.15, -0.1) is 0 Å². The van der Waals surface area contributed by atoms with Crippen molar-refractivity contribution in [2.24, 2.45) is 7.05 Å². The first-order valence-electron chi connectivity index (χ1n) is 7.82. The lowest BCUT2D eigenvalue weighted by Gasteiger charge is -2.22. The van der Waals surface area contributed by atoms with Gasteiger partial charge in [0.2, 0.25) is 5.69 Å². The van der Waals surface area contributed by atoms with E-state index in [4.69, 9.17) is 0 Å². The lowest BCUT2D eigenvalue weighted by atomic mass is 9.99. The minimum atomic E-state index is -1.33. The van der Waals surface area contributed by atoms with Gasteiger partial charge in [0, 0.05) is 16.8 Å². The molecule has 112 valence electrons. The first-order valence-corrected chi connectivity index (χ1v) is 11.3. The summed E-state index contributed by atoms with van der Waals surface area (Å²) >= 11 is 0. The van der Waals surface area contributed by atoms with Gasteiger partial charge in [-0.1, -0.05) is 51.7 Å². The highest BCUT2D eigenvalue weighted by molar-refractivity contribution is 6.89. The monoisotopic (exact) mass is 298 g/mol. The van der Waals surface area contributed by atoms with E-state index >= 15 is 0 Å². The second-order valence-corrected chi connectivity index (χ2v) is 12.4. The molecular formula is C19H28NSi+. The Morgan fingerprint density at radius 1 is 1.05 bits per heavy atom. The maximum atomic E-state index is 2.43. The molecule has 0 aliphatic carbocycles. The van der Waals surface area contributed by atoms with Crippen molar-refractivity contribution in [3.05, 3.63) is 47.7 Å². The van der Waals surface area contributed by atoms with Crippen LogP contribution in [0.1, 0.15) is 30.9 Å². The Bertz CT molecular complexity index is 651. The molecule has 0 radical (unpaired) electrons. The number of hydrogen-bond donors (Lipinski definition) is 0. The van der Waals surface area contributed by atoms with Crippen molar-refractivity contribution in [1.82, 2.24) is 0 Å². The Balaban J connectivity index is 2.71. The molecule has 0 N–H and O–H groups in total. The highest BCUT2D eigenvalue weighted by atomic mass is 28.3. The fraction of sp³-hybridized carbons (Fsp3) is 0.421. The molecule has 0 aliphatic heterocycles. The summed E-state index contributed by atoms with van der Waals surface area (Å²) in [6, 6.07) is 11.1. The summed E-state index contributed by atoms with van der Waals surface area (Å²) in [6.07, 6.45) is 2.38. The van der Waals surface area contributed by atoms with Crippen LogP contribution in [0, 0.1) is 6.92 Å². The molecule has 1 heterocycles. The number of rotatable bonds is 3. The molecule has 2 rings (SSSR count). The van der Waals surface area contributed by atoms with Crippen molar-refractivity contribution < 1.29 is 4.57 Å². The lowest BCUT2D eigenvalue weighted by molar-refractivity contribution is -0.659. The second kappa shape index (κ2) is 5.76. The summed E-state index contributed by atoms with van der Waals surface area (Å²) in [5, 5.41) is 1.58. The summed E-state index contributed by atoms with van der Waals surface area (Å²) in [4.78, 5) is 0. The summed E-state index contributed by atoms with van der Waals surface area (Å²) in [5.74, 6) is 0.565. The Kier molecular flexibility index (Phi) is 4.38. The second-order valence-electron chi connectivity index (χ2n) is 7.36. The van der Waals surface area contributed by atoms with E-state index in [9.17, 15) is 0 Å². The molecular weight excluding hydrogens is 270 g/mol. The van der Waals surface area contributed by atoms with Crippen molar-refractivity contribution >= 4 is 13.3 Å². The number of hydrogen-bond acceptors (Lipinski definition) is 0. The topological polar surface area (TPSA) is 3.88 Å². The molecule has 0 bridgehead atoms. The predicted molar refractivity (Wildman–Crippen MR) is 94.9 cm³/mol. The molecule has 0 fully saturated rings. The number of aromatic nitrogens is 1. The third-order valence-electron chi connectivity index (χ3n) is 4.16. The first-order chi connectivity index (χ1) is 9.71. The molecule has 0 saturated heterocycles. The maximum absolute atomic E-state index is 2.43. The number of pyridine rings is 1. The zero-order valence-electron chi connectivity index (χ0n) is 14.5. The predicted octanol–water partition coefficient (Wildman–Crippen LogP) is 4.16. The van der Waals surface area contributed by atoms with Gasteiger partial charge in [-0.3, -0.25) is 0 Å². The van der Waals surface area contributed by atoms with Crippen molar-refractivity contribution in [2.45, 2.75) is 46.3 Å². The van der Waals surface area contributed by atoms with Crippen LogP contribution in [0.25, 0.3) is 11.3 Å². The van der Waals surface area contributed by atoms with E-state index in [-0.39, 0.29) is 0 Å². The van der Waals surface area contributed by atoms with Crippen LogP contribution in [0.15, 0.2) is 36.5 Å². The minimum absolute atomic E-state index is 0.565. The van der Waals surface area contributed by atoms with E-state index < -0.39 is 8.07 Å². The normalized spacial score (nSPS) is 12.0. The van der Waals surface area contributed by atoms with Gasteiger partial charge in [-0.2, -0.15) is 0 Å². The van der Waals surface area contributed by atoms with Gasteiger partial charge in [0.1, 0.15) is 7.05 Å². The van der Waals surface area contributed by atoms with Crippen molar-refractivity contribution in [2.75, 3.05) is 0 Å². The molecule has 21 heavy (non-hydrogen) atoms. The molecule has 1 aromatic heterocycles. The van der Waals surface area contributed by atoms with Crippen LogP contribution in [0.5, 0.6) is 0 Å². The van der Waals surface area contributed by atoms with Crippen LogP contribution in [0.4, 0.5) is 0 Å². The van der Waals surface area contributed by atoms with Crippen LogP contribution >= 0.6 is 0 Å². The van der Waals surface area contributed by atoms with Gasteiger partial charge >= 0.3 is 0 Å². The van der Waals surface area contributed by atoms with E-state index in [1.165, 1.54) is 22.4 Å². The summed E-state index contributed by atoms with van der Waals surface area (Å²) in [7, 11) is 0.846. The molecule has 0 spiro atoms. The highest BCUT2D eigenvalue weighted by Crippen LogP contribution is 2.24. The van der Waals surface area contributed by atoms with Crippen molar-refractivity contribution in [1.29, 1.82) is 0 Å². The number of aryl methyl sites for hydroxylation is 2. The van der Waals surface area contributed by atoms with E-state index in [0.717, 1.165) is 0 Å². The fourth-order valence-electron chi connectivity index (χ4n) is 2.90. The molecule has 0 atom stereocenters. The quantitative estimate of drug-likeness (QED) is 0.592. The van der Waals surface area contributed by atoms with Gasteiger partial charge < -0.3 is 0 Å². The van der Waals surface area contributed by atoms with Crippen LogP contribution in [-0.2, 0) is 7.05 Å². The molecule has 2 aromatic rings. The van der Waals surface area contributed by atoms with Crippen molar-refractivity contribution in [3.8, 4) is 11.3 Å². The zero-order chi connectivity index (χ0) is 15.8. The fourth-order valence-corrected chi connectivity index (χ4v) is 4.70. The highest BCUT2D eigenvalue weighted by Gasteiger charge is 2.27. The largest absolute Gasteiger partial charge is 0.212 e. The van der Waals surface area contributed by atoms with Crippen LogP contribution in [0.2, 0.25) is 19.6 Å². The molecule has 0 saturated carbocycles. The maximum Gasteiger partial charge on any atom is 0.212 e. The smallest absolute Gasteiger partial charge is 0.201 e. The van der Waals surface area contributed by atoms with Gasteiger partial charge in [-0.25, -0.2) is 4.57 Å². The average Bonchev–Trinajstić information content (AvgIpc) is 2.38. The lowest BCUT2D eigenvalue weighted by Crippen LogP contribution is -2.47. The summed E-state index contributed by atoms with van der Waals surface area (Å²) in [6.45, 7) is 14.1. The molecule has 0 aliphatic rings. The van der Waals surface area contributed by atoms with Gasteiger partial charge in [0.05, 0.1) is 8.07 Å². The average molecular weight is 299 g/mol. The Hall–Kier alpha value is -1.41. The molecule has 0 unspecified atom stereocenters. The van der Waals surface area contributed by atoms with Gasteiger partial charge in [0.25, 0.3) is 0 Å². The zero-order valence-corrected chi connectivity index (χ0v) is 15.5. The number of nitrogens with zero attached hydrogens (tertiary/aromatic N) is 1. The first kappa shape index (κ1) is 16.0. The summed E-state index contributed by atoms with van der Waals surface area (Å²) < 4.78 is 2.31. The third-order valence-corrected chi connectivity index (χ3v) is 6.19.